The van der Waals surface area contributed by atoms with Gasteiger partial charge in [-0.05, 0) is 6.07 Å². The molecule has 0 saturated heterocycles. The van der Waals surface area contributed by atoms with Gasteiger partial charge in [0.05, 0.1) is 11.0 Å². The molecule has 0 atom stereocenters. The summed E-state index contributed by atoms with van der Waals surface area (Å²) in [6.45, 7) is 0.0105. The van der Waals surface area contributed by atoms with Gasteiger partial charge in [-0.15, -0.1) is 0 Å². The van der Waals surface area contributed by atoms with Crippen LogP contribution in [0, 0.1) is 10.1 Å². The number of carbonyl (C=O) groups is 1. The first-order chi connectivity index (χ1) is 8.08. The summed E-state index contributed by atoms with van der Waals surface area (Å²) in [4.78, 5) is 20.7. The number of rotatable bonds is 4. The molecule has 1 N–H and O–H groups in total. The van der Waals surface area contributed by atoms with E-state index < -0.39 is 16.7 Å². The largest absolute Gasteiger partial charge is 0.475 e. The van der Waals surface area contributed by atoms with Gasteiger partial charge in [0.2, 0.25) is 11.5 Å². The Morgan fingerprint density at radius 2 is 2.41 bits per heavy atom. The highest BCUT2D eigenvalue weighted by Crippen LogP contribution is 2.24. The normalized spacial score (nSPS) is 10.4. The Balaban J connectivity index is 2.37. The Kier molecular flexibility index (Phi) is 2.61. The fourth-order valence-electron chi connectivity index (χ4n) is 1.33. The molecule has 0 fully saturated rings. The number of aromatic nitrogens is 2. The molecule has 0 unspecified atom stereocenters. The van der Waals surface area contributed by atoms with Crippen molar-refractivity contribution in [3.8, 4) is 0 Å². The van der Waals surface area contributed by atoms with E-state index in [1.54, 1.807) is 12.3 Å². The lowest BCUT2D eigenvalue weighted by molar-refractivity contribution is -0.386. The highest BCUT2D eigenvalue weighted by Gasteiger charge is 2.24. The van der Waals surface area contributed by atoms with Crippen LogP contribution in [0.1, 0.15) is 16.3 Å². The zero-order valence-corrected chi connectivity index (χ0v) is 8.44. The van der Waals surface area contributed by atoms with Gasteiger partial charge in [0.25, 0.3) is 0 Å². The highest BCUT2D eigenvalue weighted by molar-refractivity contribution is 5.85. The van der Waals surface area contributed by atoms with Crippen LogP contribution in [0.3, 0.4) is 0 Å². The van der Waals surface area contributed by atoms with Crippen molar-refractivity contribution >= 4 is 11.7 Å². The quantitative estimate of drug-likeness (QED) is 0.630. The van der Waals surface area contributed by atoms with Crippen LogP contribution in [0.2, 0.25) is 0 Å². The number of hydrogen-bond donors (Lipinski definition) is 1. The smallest absolute Gasteiger partial charge is 0.372 e. The molecule has 0 aromatic carbocycles. The second-order valence-corrected chi connectivity index (χ2v) is 3.18. The van der Waals surface area contributed by atoms with Gasteiger partial charge in [-0.2, -0.15) is 5.10 Å². The van der Waals surface area contributed by atoms with Crippen LogP contribution >= 0.6 is 0 Å². The second-order valence-electron chi connectivity index (χ2n) is 3.18. The number of aromatic carboxylic acids is 1. The summed E-state index contributed by atoms with van der Waals surface area (Å²) in [6.07, 6.45) is 3.10. The molecule has 0 radical (unpaired) electrons. The van der Waals surface area contributed by atoms with Crippen LogP contribution in [0.15, 0.2) is 28.9 Å². The number of carboxylic acid groups (broad SMARTS) is 1. The van der Waals surface area contributed by atoms with Gasteiger partial charge in [-0.3, -0.25) is 14.8 Å². The lowest BCUT2D eigenvalue weighted by atomic mass is 10.3. The lowest BCUT2D eigenvalue weighted by Crippen LogP contribution is -2.01. The van der Waals surface area contributed by atoms with Crippen LogP contribution < -0.4 is 0 Å². The van der Waals surface area contributed by atoms with E-state index in [1.165, 1.54) is 10.9 Å². The minimum absolute atomic E-state index is 0.0105. The van der Waals surface area contributed by atoms with E-state index in [0.717, 1.165) is 6.07 Å². The van der Waals surface area contributed by atoms with Gasteiger partial charge >= 0.3 is 11.7 Å². The maximum absolute atomic E-state index is 10.7. The van der Waals surface area contributed by atoms with E-state index in [-0.39, 0.29) is 18.0 Å². The van der Waals surface area contributed by atoms with Gasteiger partial charge in [0, 0.05) is 12.4 Å². The van der Waals surface area contributed by atoms with E-state index >= 15 is 0 Å². The molecule has 0 aliphatic carbocycles. The number of carboxylic acids is 1. The molecule has 0 spiro atoms. The van der Waals surface area contributed by atoms with Gasteiger partial charge in [-0.1, -0.05) is 0 Å². The second kappa shape index (κ2) is 4.08. The molecule has 2 aromatic heterocycles. The van der Waals surface area contributed by atoms with Crippen LogP contribution in [0.5, 0.6) is 0 Å². The summed E-state index contributed by atoms with van der Waals surface area (Å²) in [6, 6.07) is 2.54. The first-order valence-corrected chi connectivity index (χ1v) is 4.55. The average Bonchev–Trinajstić information content (AvgIpc) is 2.87. The first-order valence-electron chi connectivity index (χ1n) is 4.55. The van der Waals surface area contributed by atoms with Crippen LogP contribution in [0.4, 0.5) is 5.69 Å². The molecule has 2 rings (SSSR count). The maximum Gasteiger partial charge on any atom is 0.372 e. The van der Waals surface area contributed by atoms with Crippen molar-refractivity contribution < 1.29 is 19.2 Å². The van der Waals surface area contributed by atoms with E-state index in [9.17, 15) is 14.9 Å². The SMILES string of the molecule is O=C(O)c1cc([N+](=O)[O-])c(Cn2cccn2)o1. The van der Waals surface area contributed by atoms with E-state index in [1.807, 2.05) is 0 Å². The number of nitro groups is 1. The van der Waals surface area contributed by atoms with Crippen molar-refractivity contribution in [2.75, 3.05) is 0 Å². The minimum Gasteiger partial charge on any atom is -0.475 e. The summed E-state index contributed by atoms with van der Waals surface area (Å²) in [5.41, 5.74) is -0.363. The molecule has 0 saturated carbocycles. The lowest BCUT2D eigenvalue weighted by Gasteiger charge is -1.96. The van der Waals surface area contributed by atoms with E-state index in [4.69, 9.17) is 9.52 Å². The topological polar surface area (TPSA) is 111 Å². The maximum atomic E-state index is 10.7. The summed E-state index contributed by atoms with van der Waals surface area (Å²) >= 11 is 0. The summed E-state index contributed by atoms with van der Waals surface area (Å²) in [5.74, 6) is -1.85. The van der Waals surface area contributed by atoms with Crippen molar-refractivity contribution in [3.63, 3.8) is 0 Å². The molecule has 88 valence electrons. The third kappa shape index (κ3) is 2.14. The molecule has 0 amide bonds. The van der Waals surface area contributed by atoms with Crippen molar-refractivity contribution in [1.29, 1.82) is 0 Å². The summed E-state index contributed by atoms with van der Waals surface area (Å²) < 4.78 is 6.31. The zero-order valence-electron chi connectivity index (χ0n) is 8.44. The van der Waals surface area contributed by atoms with Crippen molar-refractivity contribution in [3.05, 3.63) is 46.2 Å². The molecule has 17 heavy (non-hydrogen) atoms. The first kappa shape index (κ1) is 10.9. The molecule has 8 nitrogen and oxygen atoms in total. The predicted octanol–water partition coefficient (Wildman–Crippen LogP) is 1.13. The van der Waals surface area contributed by atoms with Crippen LogP contribution in [0.25, 0.3) is 0 Å². The fraction of sp³-hybridized carbons (Fsp3) is 0.111. The molecule has 0 aliphatic heterocycles. The summed E-state index contributed by atoms with van der Waals surface area (Å²) in [5, 5.41) is 23.3. The highest BCUT2D eigenvalue weighted by atomic mass is 16.6. The molecule has 2 heterocycles. The van der Waals surface area contributed by atoms with Gasteiger partial charge in [0.1, 0.15) is 6.54 Å². The average molecular weight is 237 g/mol. The third-order valence-corrected chi connectivity index (χ3v) is 2.06. The van der Waals surface area contributed by atoms with Crippen LogP contribution in [-0.2, 0) is 6.54 Å². The molecule has 8 heteroatoms. The van der Waals surface area contributed by atoms with E-state index in [0.29, 0.717) is 0 Å². The van der Waals surface area contributed by atoms with Crippen molar-refractivity contribution in [2.24, 2.45) is 0 Å². The summed E-state index contributed by atoms with van der Waals surface area (Å²) in [7, 11) is 0. The number of nitrogens with zero attached hydrogens (tertiary/aromatic N) is 3. The van der Waals surface area contributed by atoms with Gasteiger partial charge in [0.15, 0.2) is 0 Å². The fourth-order valence-corrected chi connectivity index (χ4v) is 1.33. The molecular weight excluding hydrogens is 230 g/mol. The number of furan rings is 1. The van der Waals surface area contributed by atoms with Gasteiger partial charge < -0.3 is 9.52 Å². The molecule has 2 aromatic rings. The Morgan fingerprint density at radius 1 is 1.65 bits per heavy atom. The standard InChI is InChI=1S/C9H7N3O5/c13-9(14)7-4-6(12(15)16)8(17-7)5-11-3-1-2-10-11/h1-4H,5H2,(H,13,14). The van der Waals surface area contributed by atoms with Crippen LogP contribution in [-0.4, -0.2) is 25.8 Å². The van der Waals surface area contributed by atoms with Crippen molar-refractivity contribution in [1.82, 2.24) is 9.78 Å². The van der Waals surface area contributed by atoms with E-state index in [2.05, 4.69) is 5.10 Å². The Hall–Kier alpha value is -2.64. The number of hydrogen-bond acceptors (Lipinski definition) is 5. The molecule has 0 bridgehead atoms. The monoisotopic (exact) mass is 237 g/mol. The third-order valence-electron chi connectivity index (χ3n) is 2.06. The Morgan fingerprint density at radius 3 is 2.94 bits per heavy atom. The predicted molar refractivity (Wildman–Crippen MR) is 53.7 cm³/mol. The Bertz CT molecular complexity index is 557. The van der Waals surface area contributed by atoms with Gasteiger partial charge in [-0.25, -0.2) is 4.79 Å². The van der Waals surface area contributed by atoms with Crippen molar-refractivity contribution in [2.45, 2.75) is 6.54 Å². The zero-order chi connectivity index (χ0) is 12.4. The molecular formula is C9H7N3O5. The molecule has 0 aliphatic rings. The minimum atomic E-state index is -1.35. The Labute approximate surface area is 94.2 Å².